The minimum Gasteiger partial charge on any atom is -0.459 e. The Balaban J connectivity index is 1.50. The molecule has 3 amide bonds. The Morgan fingerprint density at radius 1 is 1.05 bits per heavy atom. The van der Waals surface area contributed by atoms with Crippen LogP contribution in [0.25, 0.3) is 0 Å². The van der Waals surface area contributed by atoms with Crippen molar-refractivity contribution in [3.8, 4) is 0 Å². The highest BCUT2D eigenvalue weighted by molar-refractivity contribution is 5.98. The van der Waals surface area contributed by atoms with Gasteiger partial charge < -0.3 is 30.3 Å². The summed E-state index contributed by atoms with van der Waals surface area (Å²) in [7, 11) is 0. The quantitative estimate of drug-likeness (QED) is 0.493. The van der Waals surface area contributed by atoms with Gasteiger partial charge in [0, 0.05) is 45.3 Å². The zero-order valence-electron chi connectivity index (χ0n) is 24.1. The van der Waals surface area contributed by atoms with Crippen LogP contribution in [-0.4, -0.2) is 93.4 Å². The molecule has 3 rings (SSSR count). The highest BCUT2D eigenvalue weighted by Crippen LogP contribution is 2.24. The van der Waals surface area contributed by atoms with Crippen molar-refractivity contribution in [3.05, 3.63) is 17.5 Å². The van der Waals surface area contributed by atoms with Gasteiger partial charge in [0.25, 0.3) is 11.8 Å². The number of nitrogens with zero attached hydrogens (tertiary/aromatic N) is 4. The smallest absolute Gasteiger partial charge is 0.410 e. The third-order valence-electron chi connectivity index (χ3n) is 6.58. The lowest BCUT2D eigenvalue weighted by Gasteiger charge is -2.34. The first-order valence-electron chi connectivity index (χ1n) is 13.7. The molecule has 12 heteroatoms. The zero-order chi connectivity index (χ0) is 29.0. The number of aromatic nitrogens is 2. The molecule has 3 N–H and O–H groups in total. The van der Waals surface area contributed by atoms with Crippen molar-refractivity contribution in [1.29, 1.82) is 0 Å². The summed E-state index contributed by atoms with van der Waals surface area (Å²) in [6.07, 6.45) is 3.03. The third-order valence-corrected chi connectivity index (χ3v) is 6.58. The van der Waals surface area contributed by atoms with Gasteiger partial charge in [-0.25, -0.2) is 4.79 Å². The summed E-state index contributed by atoms with van der Waals surface area (Å²) < 4.78 is 12.3. The largest absolute Gasteiger partial charge is 0.459 e. The SMILES string of the molecule is CC(C)(C)OC(=O)[C@@H](N)CNC(=O)c1cc2n(n1)CCCN(CCC1CCN(C(=O)OC(C)(C)C)CC1)C2=O. The fourth-order valence-electron chi connectivity index (χ4n) is 4.58. The van der Waals surface area contributed by atoms with Crippen LogP contribution < -0.4 is 11.1 Å². The lowest BCUT2D eigenvalue weighted by atomic mass is 9.93. The number of carbonyl (C=O) groups excluding carboxylic acids is 4. The summed E-state index contributed by atoms with van der Waals surface area (Å²) in [5.41, 5.74) is 5.13. The van der Waals surface area contributed by atoms with E-state index in [-0.39, 0.29) is 24.2 Å². The molecule has 2 aliphatic rings. The van der Waals surface area contributed by atoms with E-state index in [0.29, 0.717) is 44.3 Å². The van der Waals surface area contributed by atoms with E-state index in [2.05, 4.69) is 10.4 Å². The Morgan fingerprint density at radius 3 is 2.31 bits per heavy atom. The first-order chi connectivity index (χ1) is 18.1. The number of rotatable bonds is 7. The second kappa shape index (κ2) is 12.4. The number of fused-ring (bicyclic) bond motifs is 1. The second-order valence-corrected chi connectivity index (χ2v) is 12.3. The van der Waals surface area contributed by atoms with E-state index in [1.165, 1.54) is 6.07 Å². The average Bonchev–Trinajstić information content (AvgIpc) is 3.20. The number of ether oxygens (including phenoxy) is 2. The maximum atomic E-state index is 13.3. The molecular weight excluding hydrogens is 504 g/mol. The summed E-state index contributed by atoms with van der Waals surface area (Å²) in [6, 6.07) is 0.482. The van der Waals surface area contributed by atoms with Gasteiger partial charge in [0.1, 0.15) is 22.9 Å². The molecule has 1 saturated heterocycles. The number of likely N-dealkylation sites (tertiary alicyclic amines) is 1. The summed E-state index contributed by atoms with van der Waals surface area (Å²) in [6.45, 7) is 13.7. The van der Waals surface area contributed by atoms with Gasteiger partial charge in [-0.3, -0.25) is 19.1 Å². The number of piperidine rings is 1. The normalized spacial score (nSPS) is 17.8. The number of carbonyl (C=O) groups is 4. The highest BCUT2D eigenvalue weighted by Gasteiger charge is 2.30. The van der Waals surface area contributed by atoms with Crippen molar-refractivity contribution in [1.82, 2.24) is 24.9 Å². The molecule has 0 aliphatic carbocycles. The van der Waals surface area contributed by atoms with E-state index < -0.39 is 29.1 Å². The van der Waals surface area contributed by atoms with Gasteiger partial charge in [0.2, 0.25) is 0 Å². The van der Waals surface area contributed by atoms with Crippen LogP contribution in [0.15, 0.2) is 6.07 Å². The molecule has 0 bridgehead atoms. The summed E-state index contributed by atoms with van der Waals surface area (Å²) in [4.78, 5) is 53.9. The van der Waals surface area contributed by atoms with Gasteiger partial charge in [-0.05, 0) is 73.1 Å². The Bertz CT molecular complexity index is 1050. The van der Waals surface area contributed by atoms with E-state index >= 15 is 0 Å². The molecule has 0 aromatic carbocycles. The average molecular weight is 549 g/mol. The second-order valence-electron chi connectivity index (χ2n) is 12.3. The van der Waals surface area contributed by atoms with Gasteiger partial charge in [-0.2, -0.15) is 5.10 Å². The number of aryl methyl sites for hydroxylation is 1. The van der Waals surface area contributed by atoms with Crippen LogP contribution in [0.4, 0.5) is 4.79 Å². The number of nitrogens with one attached hydrogen (secondary N) is 1. The summed E-state index contributed by atoms with van der Waals surface area (Å²) in [5.74, 6) is -0.855. The van der Waals surface area contributed by atoms with E-state index in [1.807, 2.05) is 25.7 Å². The molecule has 0 spiro atoms. The lowest BCUT2D eigenvalue weighted by Crippen LogP contribution is -2.45. The standard InChI is InChI=1S/C27H44N6O6/c1-26(2,3)38-24(36)19(28)17-29-22(34)20-16-21-23(35)31(11-7-12-33(21)30-20)13-8-18-9-14-32(15-10-18)25(37)39-27(4,5)6/h16,18-19H,7-15,17,28H2,1-6H3,(H,29,34)/t19-/m0/s1. The van der Waals surface area contributed by atoms with Crippen LogP contribution in [0.1, 0.15) is 88.2 Å². The molecule has 3 heterocycles. The molecule has 0 unspecified atom stereocenters. The van der Waals surface area contributed by atoms with Gasteiger partial charge in [0.15, 0.2) is 5.69 Å². The predicted octanol–water partition coefficient (Wildman–Crippen LogP) is 2.17. The molecule has 218 valence electrons. The number of amides is 3. The minimum atomic E-state index is -1.01. The molecule has 0 saturated carbocycles. The monoisotopic (exact) mass is 548 g/mol. The molecule has 1 aromatic heterocycles. The number of hydrogen-bond donors (Lipinski definition) is 2. The molecule has 1 aromatic rings. The number of hydrogen-bond acceptors (Lipinski definition) is 8. The van der Waals surface area contributed by atoms with E-state index in [9.17, 15) is 19.2 Å². The molecule has 12 nitrogen and oxygen atoms in total. The summed E-state index contributed by atoms with van der Waals surface area (Å²) in [5, 5.41) is 6.93. The molecule has 2 aliphatic heterocycles. The fourth-order valence-corrected chi connectivity index (χ4v) is 4.58. The first kappa shape index (κ1) is 30.4. The van der Waals surface area contributed by atoms with Gasteiger partial charge in [0.05, 0.1) is 0 Å². The maximum absolute atomic E-state index is 13.3. The Hall–Kier alpha value is -3.15. The van der Waals surface area contributed by atoms with E-state index in [0.717, 1.165) is 25.7 Å². The van der Waals surface area contributed by atoms with E-state index in [4.69, 9.17) is 15.2 Å². The fraction of sp³-hybridized carbons (Fsp3) is 0.741. The zero-order valence-corrected chi connectivity index (χ0v) is 24.1. The van der Waals surface area contributed by atoms with Crippen molar-refractivity contribution in [2.24, 2.45) is 11.7 Å². The van der Waals surface area contributed by atoms with Crippen molar-refractivity contribution < 1.29 is 28.7 Å². The summed E-state index contributed by atoms with van der Waals surface area (Å²) >= 11 is 0. The number of esters is 1. The Labute approximate surface area is 230 Å². The molecule has 1 atom stereocenters. The van der Waals surface area contributed by atoms with Crippen LogP contribution in [-0.2, 0) is 20.8 Å². The predicted molar refractivity (Wildman–Crippen MR) is 144 cm³/mol. The molecule has 1 fully saturated rings. The highest BCUT2D eigenvalue weighted by atomic mass is 16.6. The van der Waals surface area contributed by atoms with Crippen LogP contribution in [0.2, 0.25) is 0 Å². The molecule has 0 radical (unpaired) electrons. The molecular formula is C27H44N6O6. The van der Waals surface area contributed by atoms with Crippen molar-refractivity contribution in [2.75, 3.05) is 32.7 Å². The van der Waals surface area contributed by atoms with Gasteiger partial charge in [-0.15, -0.1) is 0 Å². The maximum Gasteiger partial charge on any atom is 0.410 e. The van der Waals surface area contributed by atoms with Crippen molar-refractivity contribution in [2.45, 2.75) is 91.0 Å². The minimum absolute atomic E-state index is 0.103. The van der Waals surface area contributed by atoms with Crippen molar-refractivity contribution >= 4 is 23.9 Å². The molecule has 39 heavy (non-hydrogen) atoms. The van der Waals surface area contributed by atoms with E-state index in [1.54, 1.807) is 30.4 Å². The Kier molecular flexibility index (Phi) is 9.63. The van der Waals surface area contributed by atoms with Crippen LogP contribution in [0.5, 0.6) is 0 Å². The van der Waals surface area contributed by atoms with Gasteiger partial charge >= 0.3 is 12.1 Å². The number of nitrogens with two attached hydrogens (primary N) is 1. The van der Waals surface area contributed by atoms with Gasteiger partial charge in [-0.1, -0.05) is 0 Å². The van der Waals surface area contributed by atoms with Crippen molar-refractivity contribution in [3.63, 3.8) is 0 Å². The Morgan fingerprint density at radius 2 is 1.69 bits per heavy atom. The topological polar surface area (TPSA) is 149 Å². The van der Waals surface area contributed by atoms with Crippen LogP contribution >= 0.6 is 0 Å². The lowest BCUT2D eigenvalue weighted by molar-refractivity contribution is -0.156. The third kappa shape index (κ3) is 8.94. The van der Waals surface area contributed by atoms with Crippen LogP contribution in [0, 0.1) is 5.92 Å². The first-order valence-corrected chi connectivity index (χ1v) is 13.7. The van der Waals surface area contributed by atoms with Crippen LogP contribution in [0.3, 0.4) is 0 Å².